The zero-order valence-electron chi connectivity index (χ0n) is 19.6. The number of aromatic nitrogens is 1. The summed E-state index contributed by atoms with van der Waals surface area (Å²) in [5.41, 5.74) is 2.12. The van der Waals surface area contributed by atoms with E-state index in [0.29, 0.717) is 36.6 Å². The molecule has 2 heterocycles. The Morgan fingerprint density at radius 1 is 1.17 bits per heavy atom. The molecule has 2 aromatic carbocycles. The van der Waals surface area contributed by atoms with Gasteiger partial charge >= 0.3 is 5.56 Å². The van der Waals surface area contributed by atoms with Crippen LogP contribution in [0.5, 0.6) is 0 Å². The zero-order valence-corrected chi connectivity index (χ0v) is 21.2. The number of piperidine rings is 1. The van der Waals surface area contributed by atoms with E-state index in [1.807, 2.05) is 13.0 Å². The van der Waals surface area contributed by atoms with Crippen LogP contribution in [0.25, 0.3) is 0 Å². The molecule has 0 unspecified atom stereocenters. The fourth-order valence-corrected chi connectivity index (χ4v) is 4.67. The van der Waals surface area contributed by atoms with E-state index in [9.17, 15) is 14.0 Å². The molecule has 7 nitrogen and oxygen atoms in total. The Morgan fingerprint density at radius 2 is 1.86 bits per heavy atom. The molecule has 0 atom stereocenters. The third-order valence-corrected chi connectivity index (χ3v) is 6.84. The topological polar surface area (TPSA) is 83.8 Å². The smallest absolute Gasteiger partial charge is 0.303 e. The first-order chi connectivity index (χ1) is 17.3. The maximum Gasteiger partial charge on any atom is 0.303 e. The highest BCUT2D eigenvalue weighted by molar-refractivity contribution is 6.34. The molecule has 10 heteroatoms. The summed E-state index contributed by atoms with van der Waals surface area (Å²) >= 11 is 12.6. The number of carbonyl (C=O) groups excluding carboxylic acids is 1. The fourth-order valence-electron chi connectivity index (χ4n) is 4.27. The number of aryl methyl sites for hydroxylation is 1. The van der Waals surface area contributed by atoms with Crippen molar-refractivity contribution in [3.63, 3.8) is 0 Å². The predicted molar refractivity (Wildman–Crippen MR) is 138 cm³/mol. The summed E-state index contributed by atoms with van der Waals surface area (Å²) in [6.45, 7) is 2.36. The van der Waals surface area contributed by atoms with Gasteiger partial charge in [0.05, 0.1) is 24.1 Å². The van der Waals surface area contributed by atoms with Gasteiger partial charge in [-0.3, -0.25) is 9.59 Å². The molecule has 1 aromatic heterocycles. The van der Waals surface area contributed by atoms with E-state index >= 15 is 0 Å². The second-order valence-corrected chi connectivity index (χ2v) is 9.44. The van der Waals surface area contributed by atoms with Gasteiger partial charge < -0.3 is 20.2 Å². The first-order valence-electron chi connectivity index (χ1n) is 11.6. The Kier molecular flexibility index (Phi) is 8.18. The number of benzene rings is 2. The van der Waals surface area contributed by atoms with Gasteiger partial charge in [-0.1, -0.05) is 41.4 Å². The number of pyridine rings is 1. The summed E-state index contributed by atoms with van der Waals surface area (Å²) in [6, 6.07) is 11.7. The van der Waals surface area contributed by atoms with Gasteiger partial charge in [0, 0.05) is 23.8 Å². The fraction of sp³-hybridized carbons (Fsp3) is 0.308. The summed E-state index contributed by atoms with van der Waals surface area (Å²) in [5.74, 6) is -0.387. The number of anilines is 2. The second-order valence-electron chi connectivity index (χ2n) is 8.62. The third-order valence-electron chi connectivity index (χ3n) is 6.26. The molecule has 3 aromatic rings. The molecular formula is C26H26Cl2FN3O4. The number of likely N-dealkylation sites (tertiary alicyclic amines) is 1. The summed E-state index contributed by atoms with van der Waals surface area (Å²) in [5, 5.41) is 12.5. The van der Waals surface area contributed by atoms with Crippen LogP contribution < -0.4 is 15.7 Å². The summed E-state index contributed by atoms with van der Waals surface area (Å²) < 4.78 is 14.2. The van der Waals surface area contributed by atoms with Gasteiger partial charge in [0.25, 0.3) is 5.91 Å². The largest absolute Gasteiger partial charge is 0.408 e. The van der Waals surface area contributed by atoms with Crippen LogP contribution >= 0.6 is 23.2 Å². The Morgan fingerprint density at radius 3 is 2.53 bits per heavy atom. The first-order valence-corrected chi connectivity index (χ1v) is 12.3. The lowest BCUT2D eigenvalue weighted by Gasteiger charge is -2.33. The van der Waals surface area contributed by atoms with Crippen LogP contribution in [0, 0.1) is 12.7 Å². The molecule has 1 amide bonds. The van der Waals surface area contributed by atoms with Crippen molar-refractivity contribution >= 4 is 40.5 Å². The van der Waals surface area contributed by atoms with Crippen LogP contribution in [0.3, 0.4) is 0 Å². The minimum absolute atomic E-state index is 0.146. The van der Waals surface area contributed by atoms with Crippen molar-refractivity contribution in [2.45, 2.75) is 25.7 Å². The van der Waals surface area contributed by atoms with Crippen LogP contribution in [0.2, 0.25) is 10.0 Å². The van der Waals surface area contributed by atoms with Crippen molar-refractivity contribution in [2.24, 2.45) is 0 Å². The SMILES string of the molecule is Cc1ccc(Cl)cc1Nc1c(C(=O)N2CCC(c3ccc(F)cc3)CC2)cn(OCCO)c(=O)c1Cl. The van der Waals surface area contributed by atoms with E-state index in [1.165, 1.54) is 18.3 Å². The third kappa shape index (κ3) is 5.67. The van der Waals surface area contributed by atoms with Crippen LogP contribution in [-0.4, -0.2) is 46.9 Å². The number of nitrogens with one attached hydrogen (secondary N) is 1. The Bertz CT molecular complexity index is 1310. The van der Waals surface area contributed by atoms with Crippen molar-refractivity contribution in [3.8, 4) is 0 Å². The van der Waals surface area contributed by atoms with Crippen molar-refractivity contribution < 1.29 is 19.1 Å². The molecule has 0 bridgehead atoms. The van der Waals surface area contributed by atoms with Crippen molar-refractivity contribution in [2.75, 3.05) is 31.6 Å². The molecule has 1 fully saturated rings. The second kappa shape index (κ2) is 11.3. The molecule has 36 heavy (non-hydrogen) atoms. The predicted octanol–water partition coefficient (Wildman–Crippen LogP) is 4.79. The highest BCUT2D eigenvalue weighted by Gasteiger charge is 2.29. The minimum atomic E-state index is -0.668. The molecular weight excluding hydrogens is 508 g/mol. The van der Waals surface area contributed by atoms with Crippen LogP contribution in [0.15, 0.2) is 53.5 Å². The average molecular weight is 534 g/mol. The van der Waals surface area contributed by atoms with E-state index in [0.717, 1.165) is 15.9 Å². The number of rotatable bonds is 7. The van der Waals surface area contributed by atoms with Crippen molar-refractivity contribution in [3.05, 3.63) is 91.6 Å². The van der Waals surface area contributed by atoms with Crippen molar-refractivity contribution in [1.82, 2.24) is 9.63 Å². The number of amides is 1. The normalized spacial score (nSPS) is 14.1. The summed E-state index contributed by atoms with van der Waals surface area (Å²) in [4.78, 5) is 33.5. The highest BCUT2D eigenvalue weighted by Crippen LogP contribution is 2.33. The van der Waals surface area contributed by atoms with Gasteiger partial charge in [-0.05, 0) is 61.1 Å². The average Bonchev–Trinajstić information content (AvgIpc) is 2.88. The molecule has 190 valence electrons. The van der Waals surface area contributed by atoms with Gasteiger partial charge in [-0.2, -0.15) is 4.73 Å². The maximum absolute atomic E-state index is 13.7. The number of hydrogen-bond acceptors (Lipinski definition) is 5. The molecule has 1 aliphatic heterocycles. The monoisotopic (exact) mass is 533 g/mol. The zero-order chi connectivity index (χ0) is 25.8. The van der Waals surface area contributed by atoms with E-state index in [-0.39, 0.29) is 47.1 Å². The maximum atomic E-state index is 13.7. The van der Waals surface area contributed by atoms with Gasteiger partial charge in [-0.15, -0.1) is 0 Å². The number of aliphatic hydroxyl groups is 1. The highest BCUT2D eigenvalue weighted by atomic mass is 35.5. The molecule has 1 aliphatic rings. The lowest BCUT2D eigenvalue weighted by atomic mass is 9.89. The van der Waals surface area contributed by atoms with Crippen molar-refractivity contribution in [1.29, 1.82) is 0 Å². The van der Waals surface area contributed by atoms with Gasteiger partial charge in [0.2, 0.25) is 0 Å². The quantitative estimate of drug-likeness (QED) is 0.456. The number of halogens is 3. The lowest BCUT2D eigenvalue weighted by Crippen LogP contribution is -2.39. The Balaban J connectivity index is 1.64. The van der Waals surface area contributed by atoms with Gasteiger partial charge in [-0.25, -0.2) is 4.39 Å². The van der Waals surface area contributed by atoms with Crippen LogP contribution in [0.1, 0.15) is 40.2 Å². The van der Waals surface area contributed by atoms with E-state index in [2.05, 4.69) is 5.32 Å². The van der Waals surface area contributed by atoms with E-state index in [1.54, 1.807) is 29.2 Å². The first kappa shape index (κ1) is 26.0. The molecule has 0 radical (unpaired) electrons. The van der Waals surface area contributed by atoms with Crippen LogP contribution in [-0.2, 0) is 0 Å². The van der Waals surface area contributed by atoms with Gasteiger partial charge in [0.1, 0.15) is 17.4 Å². The molecule has 2 N–H and O–H groups in total. The summed E-state index contributed by atoms with van der Waals surface area (Å²) in [6.07, 6.45) is 2.71. The van der Waals surface area contributed by atoms with E-state index < -0.39 is 5.56 Å². The molecule has 4 rings (SSSR count). The number of nitrogens with zero attached hydrogens (tertiary/aromatic N) is 2. The number of aliphatic hydroxyl groups excluding tert-OH is 1. The number of carbonyl (C=O) groups is 1. The standard InChI is InChI=1S/C26H26Cl2FN3O4/c1-16-2-5-19(27)14-22(16)30-24-21(15-32(36-13-12-33)26(35)23(24)28)25(34)31-10-8-18(9-11-31)17-3-6-20(29)7-4-17/h2-7,14-15,18,30,33H,8-13H2,1H3. The lowest BCUT2D eigenvalue weighted by molar-refractivity contribution is 0.0644. The minimum Gasteiger partial charge on any atom is -0.408 e. The molecule has 0 aliphatic carbocycles. The molecule has 1 saturated heterocycles. The Hall–Kier alpha value is -3.07. The van der Waals surface area contributed by atoms with Gasteiger partial charge in [0.15, 0.2) is 0 Å². The molecule has 0 saturated carbocycles. The van der Waals surface area contributed by atoms with E-state index in [4.69, 9.17) is 33.1 Å². The summed E-state index contributed by atoms with van der Waals surface area (Å²) in [7, 11) is 0. The molecule has 0 spiro atoms. The Labute approximate surface area is 218 Å². The van der Waals surface area contributed by atoms with Crippen LogP contribution in [0.4, 0.5) is 15.8 Å². The number of hydrogen-bond donors (Lipinski definition) is 2.